The molecule has 6 nitrogen and oxygen atoms in total. The molecule has 0 saturated carbocycles. The molecule has 0 amide bonds. The second-order valence-corrected chi connectivity index (χ2v) is 6.62. The Morgan fingerprint density at radius 3 is 2.83 bits per heavy atom. The molecule has 0 aliphatic rings. The summed E-state index contributed by atoms with van der Waals surface area (Å²) in [6.07, 6.45) is 10.7. The molecule has 0 radical (unpaired) electrons. The van der Waals surface area contributed by atoms with Gasteiger partial charge in [0.2, 0.25) is 5.89 Å². The van der Waals surface area contributed by atoms with Crippen molar-refractivity contribution < 1.29 is 9.15 Å². The van der Waals surface area contributed by atoms with E-state index in [1.54, 1.807) is 18.9 Å². The Morgan fingerprint density at radius 2 is 1.97 bits per heavy atom. The number of oxazole rings is 1. The second-order valence-electron chi connectivity index (χ2n) is 6.62. The number of hydrogen-bond donors (Lipinski definition) is 0. The number of aromatic nitrogens is 4. The fourth-order valence-electron chi connectivity index (χ4n) is 2.94. The van der Waals surface area contributed by atoms with E-state index in [9.17, 15) is 0 Å². The number of ether oxygens (including phenoxy) is 1. The predicted octanol–water partition coefficient (Wildman–Crippen LogP) is 4.65. The molecule has 2 aromatic heterocycles. The lowest BCUT2D eigenvalue weighted by Gasteiger charge is -2.07. The monoisotopic (exact) mass is 386 g/mol. The molecule has 0 aliphatic carbocycles. The molecule has 0 saturated heterocycles. The van der Waals surface area contributed by atoms with Crippen molar-refractivity contribution in [3.05, 3.63) is 96.2 Å². The van der Waals surface area contributed by atoms with Crippen LogP contribution in [-0.4, -0.2) is 19.7 Å². The van der Waals surface area contributed by atoms with Crippen LogP contribution in [0.5, 0.6) is 5.75 Å². The van der Waals surface area contributed by atoms with Gasteiger partial charge in [0.05, 0.1) is 0 Å². The first-order chi connectivity index (χ1) is 14.3. The number of nitrogens with zero attached hydrogens (tertiary/aromatic N) is 4. The minimum absolute atomic E-state index is 0.366. The van der Waals surface area contributed by atoms with Crippen LogP contribution in [0.15, 0.2) is 77.9 Å². The molecule has 146 valence electrons. The van der Waals surface area contributed by atoms with Crippen LogP contribution in [0.25, 0.3) is 12.2 Å². The molecule has 0 spiro atoms. The third-order valence-electron chi connectivity index (χ3n) is 4.39. The zero-order valence-electron chi connectivity index (χ0n) is 16.0. The number of hydrogen-bond acceptors (Lipinski definition) is 5. The Kier molecular flexibility index (Phi) is 6.12. The average Bonchev–Trinajstić information content (AvgIpc) is 3.44. The fraction of sp³-hybridized carbons (Fsp3) is 0.174. The maximum atomic E-state index is 5.89. The lowest BCUT2D eigenvalue weighted by Crippen LogP contribution is -2.00. The molecule has 2 heterocycles. The summed E-state index contributed by atoms with van der Waals surface area (Å²) in [5, 5.41) is 4.12. The molecule has 0 bridgehead atoms. The quantitative estimate of drug-likeness (QED) is 0.419. The summed E-state index contributed by atoms with van der Waals surface area (Å²) < 4.78 is 13.2. The fourth-order valence-corrected chi connectivity index (χ4v) is 2.94. The smallest absolute Gasteiger partial charge is 0.218 e. The number of rotatable bonds is 9. The van der Waals surface area contributed by atoms with Crippen LogP contribution in [0.1, 0.15) is 29.1 Å². The molecule has 0 fully saturated rings. The van der Waals surface area contributed by atoms with E-state index in [4.69, 9.17) is 9.15 Å². The highest BCUT2D eigenvalue weighted by molar-refractivity contribution is 5.65. The zero-order valence-corrected chi connectivity index (χ0v) is 16.0. The van der Waals surface area contributed by atoms with E-state index in [0.717, 1.165) is 36.4 Å². The van der Waals surface area contributed by atoms with Crippen LogP contribution >= 0.6 is 0 Å². The molecule has 29 heavy (non-hydrogen) atoms. The Morgan fingerprint density at radius 1 is 1.03 bits per heavy atom. The first kappa shape index (κ1) is 18.7. The topological polar surface area (TPSA) is 66.0 Å². The maximum Gasteiger partial charge on any atom is 0.218 e. The van der Waals surface area contributed by atoms with Crippen molar-refractivity contribution in [3.63, 3.8) is 0 Å². The van der Waals surface area contributed by atoms with Crippen molar-refractivity contribution in [1.29, 1.82) is 0 Å². The van der Waals surface area contributed by atoms with Crippen LogP contribution in [0.4, 0.5) is 0 Å². The number of benzene rings is 2. The Bertz CT molecular complexity index is 1040. The van der Waals surface area contributed by atoms with Gasteiger partial charge in [0, 0.05) is 12.6 Å². The van der Waals surface area contributed by atoms with Crippen molar-refractivity contribution in [2.75, 3.05) is 0 Å². The van der Waals surface area contributed by atoms with Crippen molar-refractivity contribution in [3.8, 4) is 5.75 Å². The first-order valence-corrected chi connectivity index (χ1v) is 9.57. The summed E-state index contributed by atoms with van der Waals surface area (Å²) in [6, 6.07) is 18.2. The van der Waals surface area contributed by atoms with Gasteiger partial charge < -0.3 is 9.15 Å². The molecule has 4 aromatic rings. The molecular weight excluding hydrogens is 364 g/mol. The van der Waals surface area contributed by atoms with Gasteiger partial charge in [-0.2, -0.15) is 5.10 Å². The minimum atomic E-state index is 0.366. The van der Waals surface area contributed by atoms with Crippen molar-refractivity contribution >= 4 is 12.2 Å². The molecule has 0 atom stereocenters. The summed E-state index contributed by atoms with van der Waals surface area (Å²) in [4.78, 5) is 8.40. The minimum Gasteiger partial charge on any atom is -0.487 e. The van der Waals surface area contributed by atoms with E-state index in [1.807, 2.05) is 59.3 Å². The van der Waals surface area contributed by atoms with Gasteiger partial charge in [0.1, 0.15) is 37.0 Å². The van der Waals surface area contributed by atoms with Gasteiger partial charge in [-0.25, -0.2) is 9.97 Å². The highest BCUT2D eigenvalue weighted by Crippen LogP contribution is 2.17. The third kappa shape index (κ3) is 5.65. The molecule has 0 aliphatic heterocycles. The van der Waals surface area contributed by atoms with Gasteiger partial charge in [0.25, 0.3) is 0 Å². The molecule has 2 aromatic carbocycles. The van der Waals surface area contributed by atoms with E-state index in [2.05, 4.69) is 27.2 Å². The van der Waals surface area contributed by atoms with E-state index in [1.165, 1.54) is 5.56 Å². The van der Waals surface area contributed by atoms with Gasteiger partial charge in [-0.1, -0.05) is 42.5 Å². The van der Waals surface area contributed by atoms with Crippen molar-refractivity contribution in [2.45, 2.75) is 26.0 Å². The van der Waals surface area contributed by atoms with Gasteiger partial charge in [-0.05, 0) is 42.2 Å². The van der Waals surface area contributed by atoms with Crippen molar-refractivity contribution in [2.24, 2.45) is 0 Å². The van der Waals surface area contributed by atoms with Crippen LogP contribution in [0.3, 0.4) is 0 Å². The van der Waals surface area contributed by atoms with Crippen LogP contribution < -0.4 is 4.74 Å². The SMILES string of the molecule is C(=C\c1nc(COc2cccc(CCCn3cncn3)c2)co1)/c1ccccc1. The molecule has 0 unspecified atom stereocenters. The van der Waals surface area contributed by atoms with Crippen LogP contribution in [-0.2, 0) is 19.6 Å². The summed E-state index contributed by atoms with van der Waals surface area (Å²) in [7, 11) is 0. The molecular formula is C23H22N4O2. The Labute approximate surface area is 169 Å². The Balaban J connectivity index is 1.28. The van der Waals surface area contributed by atoms with Crippen LogP contribution in [0, 0.1) is 0 Å². The highest BCUT2D eigenvalue weighted by Gasteiger charge is 2.04. The molecule has 0 N–H and O–H groups in total. The zero-order chi connectivity index (χ0) is 19.7. The van der Waals surface area contributed by atoms with E-state index in [0.29, 0.717) is 12.5 Å². The normalized spacial score (nSPS) is 11.2. The lowest BCUT2D eigenvalue weighted by atomic mass is 10.1. The third-order valence-corrected chi connectivity index (χ3v) is 4.39. The van der Waals surface area contributed by atoms with Gasteiger partial charge in [-0.15, -0.1) is 0 Å². The van der Waals surface area contributed by atoms with Crippen LogP contribution in [0.2, 0.25) is 0 Å². The molecule has 4 rings (SSSR count). The van der Waals surface area contributed by atoms with Gasteiger partial charge >= 0.3 is 0 Å². The molecule has 6 heteroatoms. The summed E-state index contributed by atoms with van der Waals surface area (Å²) in [5.41, 5.74) is 3.09. The van der Waals surface area contributed by atoms with E-state index < -0.39 is 0 Å². The average molecular weight is 386 g/mol. The van der Waals surface area contributed by atoms with Gasteiger partial charge in [0.15, 0.2) is 0 Å². The summed E-state index contributed by atoms with van der Waals surface area (Å²) in [6.45, 7) is 1.22. The largest absolute Gasteiger partial charge is 0.487 e. The van der Waals surface area contributed by atoms with Gasteiger partial charge in [-0.3, -0.25) is 4.68 Å². The van der Waals surface area contributed by atoms with Crippen molar-refractivity contribution in [1.82, 2.24) is 19.7 Å². The number of aryl methyl sites for hydroxylation is 2. The van der Waals surface area contributed by atoms with E-state index >= 15 is 0 Å². The van der Waals surface area contributed by atoms with E-state index in [-0.39, 0.29) is 0 Å². The lowest BCUT2D eigenvalue weighted by molar-refractivity contribution is 0.300. The predicted molar refractivity (Wildman–Crippen MR) is 111 cm³/mol. The standard InChI is InChI=1S/C23H22N4O2/c1-2-6-19(7-3-1)11-12-23-26-21(16-29-23)15-28-22-10-4-8-20(14-22)9-5-13-27-18-24-17-25-27/h1-4,6-8,10-12,14,16-18H,5,9,13,15H2/b12-11+. The second kappa shape index (κ2) is 9.50. The first-order valence-electron chi connectivity index (χ1n) is 9.57. The maximum absolute atomic E-state index is 5.89. The highest BCUT2D eigenvalue weighted by atomic mass is 16.5. The summed E-state index contributed by atoms with van der Waals surface area (Å²) in [5.74, 6) is 1.39. The summed E-state index contributed by atoms with van der Waals surface area (Å²) >= 11 is 0. The Hall–Kier alpha value is -3.67.